The summed E-state index contributed by atoms with van der Waals surface area (Å²) < 4.78 is 6.76. The Balaban J connectivity index is 1.96. The lowest BCUT2D eigenvalue weighted by atomic mass is 10.2. The Morgan fingerprint density at radius 2 is 2.11 bits per heavy atom. The van der Waals surface area contributed by atoms with E-state index < -0.39 is 0 Å². The van der Waals surface area contributed by atoms with Gasteiger partial charge in [-0.05, 0) is 24.3 Å². The first-order valence-corrected chi connectivity index (χ1v) is 6.60. The quantitative estimate of drug-likeness (QED) is 0.924. The SMILES string of the molecule is NCc1ccc(Br)cc1OCCc1ccccn1. The van der Waals surface area contributed by atoms with Crippen LogP contribution in [0.3, 0.4) is 0 Å². The maximum absolute atomic E-state index is 5.76. The molecule has 4 heteroatoms. The van der Waals surface area contributed by atoms with Crippen molar-refractivity contribution in [1.82, 2.24) is 4.98 Å². The lowest BCUT2D eigenvalue weighted by Crippen LogP contribution is -2.06. The fourth-order valence-corrected chi connectivity index (χ4v) is 1.98. The van der Waals surface area contributed by atoms with E-state index in [4.69, 9.17) is 10.5 Å². The molecule has 0 aliphatic heterocycles. The van der Waals surface area contributed by atoms with Gasteiger partial charge in [-0.2, -0.15) is 0 Å². The monoisotopic (exact) mass is 306 g/mol. The van der Waals surface area contributed by atoms with Crippen LogP contribution in [0.15, 0.2) is 47.1 Å². The van der Waals surface area contributed by atoms with Crippen molar-refractivity contribution in [3.05, 3.63) is 58.3 Å². The number of nitrogens with zero attached hydrogens (tertiary/aromatic N) is 1. The zero-order valence-corrected chi connectivity index (χ0v) is 11.6. The highest BCUT2D eigenvalue weighted by atomic mass is 79.9. The van der Waals surface area contributed by atoms with Crippen molar-refractivity contribution in [3.8, 4) is 5.75 Å². The molecule has 0 unspecified atom stereocenters. The van der Waals surface area contributed by atoms with Crippen molar-refractivity contribution in [2.45, 2.75) is 13.0 Å². The molecule has 0 fully saturated rings. The number of pyridine rings is 1. The van der Waals surface area contributed by atoms with E-state index in [0.29, 0.717) is 13.2 Å². The molecule has 0 saturated carbocycles. The van der Waals surface area contributed by atoms with Crippen LogP contribution in [0, 0.1) is 0 Å². The molecular weight excluding hydrogens is 292 g/mol. The van der Waals surface area contributed by atoms with E-state index in [1.807, 2.05) is 36.4 Å². The molecule has 1 aromatic heterocycles. The number of hydrogen-bond donors (Lipinski definition) is 1. The molecule has 0 bridgehead atoms. The first kappa shape index (κ1) is 13.1. The molecule has 0 radical (unpaired) electrons. The summed E-state index contributed by atoms with van der Waals surface area (Å²) in [5.41, 5.74) is 7.72. The molecule has 2 aromatic rings. The normalized spacial score (nSPS) is 10.3. The van der Waals surface area contributed by atoms with Crippen LogP contribution in [0.1, 0.15) is 11.3 Å². The highest BCUT2D eigenvalue weighted by molar-refractivity contribution is 9.10. The van der Waals surface area contributed by atoms with Crippen molar-refractivity contribution in [2.75, 3.05) is 6.61 Å². The maximum Gasteiger partial charge on any atom is 0.124 e. The second-order valence-corrected chi connectivity index (χ2v) is 4.79. The van der Waals surface area contributed by atoms with E-state index in [1.165, 1.54) is 0 Å². The minimum atomic E-state index is 0.478. The van der Waals surface area contributed by atoms with E-state index in [0.717, 1.165) is 27.9 Å². The first-order valence-electron chi connectivity index (χ1n) is 5.81. The smallest absolute Gasteiger partial charge is 0.124 e. The molecule has 94 valence electrons. The van der Waals surface area contributed by atoms with Crippen LogP contribution in [0.5, 0.6) is 5.75 Å². The number of aromatic nitrogens is 1. The van der Waals surface area contributed by atoms with Gasteiger partial charge in [0.15, 0.2) is 0 Å². The van der Waals surface area contributed by atoms with Crippen LogP contribution in [0.25, 0.3) is 0 Å². The number of hydrogen-bond acceptors (Lipinski definition) is 3. The van der Waals surface area contributed by atoms with Crippen LogP contribution < -0.4 is 10.5 Å². The molecule has 0 amide bonds. The number of ether oxygens (including phenoxy) is 1. The Bertz CT molecular complexity index is 502. The van der Waals surface area contributed by atoms with Gasteiger partial charge in [-0.3, -0.25) is 4.98 Å². The third kappa shape index (κ3) is 3.55. The van der Waals surface area contributed by atoms with Gasteiger partial charge in [0.05, 0.1) is 6.61 Å². The summed E-state index contributed by atoms with van der Waals surface area (Å²) in [4.78, 5) is 4.26. The largest absolute Gasteiger partial charge is 0.493 e. The molecule has 1 heterocycles. The van der Waals surface area contributed by atoms with E-state index >= 15 is 0 Å². The Morgan fingerprint density at radius 3 is 2.83 bits per heavy atom. The molecule has 0 spiro atoms. The average Bonchev–Trinajstić information content (AvgIpc) is 2.40. The molecule has 3 nitrogen and oxygen atoms in total. The summed E-state index contributed by atoms with van der Waals surface area (Å²) in [6.45, 7) is 1.08. The van der Waals surface area contributed by atoms with Gasteiger partial charge in [-0.15, -0.1) is 0 Å². The lowest BCUT2D eigenvalue weighted by Gasteiger charge is -2.10. The molecule has 0 aliphatic carbocycles. The fraction of sp³-hybridized carbons (Fsp3) is 0.214. The van der Waals surface area contributed by atoms with Gasteiger partial charge in [0.2, 0.25) is 0 Å². The summed E-state index contributed by atoms with van der Waals surface area (Å²) in [5, 5.41) is 0. The number of halogens is 1. The highest BCUT2D eigenvalue weighted by Gasteiger charge is 2.03. The second-order valence-electron chi connectivity index (χ2n) is 3.88. The van der Waals surface area contributed by atoms with Gasteiger partial charge in [0.1, 0.15) is 5.75 Å². The number of benzene rings is 1. The van der Waals surface area contributed by atoms with Gasteiger partial charge < -0.3 is 10.5 Å². The van der Waals surface area contributed by atoms with Crippen LogP contribution in [-0.4, -0.2) is 11.6 Å². The van der Waals surface area contributed by atoms with Gasteiger partial charge >= 0.3 is 0 Å². The summed E-state index contributed by atoms with van der Waals surface area (Å²) in [6.07, 6.45) is 2.58. The number of rotatable bonds is 5. The van der Waals surface area contributed by atoms with E-state index in [9.17, 15) is 0 Å². The Labute approximate surface area is 115 Å². The molecular formula is C14H15BrN2O. The van der Waals surface area contributed by atoms with Crippen molar-refractivity contribution in [3.63, 3.8) is 0 Å². The topological polar surface area (TPSA) is 48.1 Å². The highest BCUT2D eigenvalue weighted by Crippen LogP contribution is 2.23. The summed E-state index contributed by atoms with van der Waals surface area (Å²) in [5.74, 6) is 0.836. The molecule has 18 heavy (non-hydrogen) atoms. The molecule has 2 rings (SSSR count). The van der Waals surface area contributed by atoms with E-state index in [2.05, 4.69) is 20.9 Å². The summed E-state index contributed by atoms with van der Waals surface area (Å²) >= 11 is 3.43. The third-order valence-corrected chi connectivity index (χ3v) is 3.08. The molecule has 1 aromatic carbocycles. The molecule has 0 saturated heterocycles. The minimum absolute atomic E-state index is 0.478. The average molecular weight is 307 g/mol. The lowest BCUT2D eigenvalue weighted by molar-refractivity contribution is 0.317. The fourth-order valence-electron chi connectivity index (χ4n) is 1.64. The summed E-state index contributed by atoms with van der Waals surface area (Å²) in [6, 6.07) is 11.8. The van der Waals surface area contributed by atoms with Crippen molar-refractivity contribution >= 4 is 15.9 Å². The Morgan fingerprint density at radius 1 is 1.22 bits per heavy atom. The van der Waals surface area contributed by atoms with Crippen molar-refractivity contribution in [1.29, 1.82) is 0 Å². The Kier molecular flexibility index (Phi) is 4.73. The second kappa shape index (κ2) is 6.52. The van der Waals surface area contributed by atoms with Gasteiger partial charge in [0, 0.05) is 34.9 Å². The van der Waals surface area contributed by atoms with Crippen LogP contribution >= 0.6 is 15.9 Å². The molecule has 0 atom stereocenters. The van der Waals surface area contributed by atoms with Crippen molar-refractivity contribution in [2.24, 2.45) is 5.73 Å². The van der Waals surface area contributed by atoms with Crippen molar-refractivity contribution < 1.29 is 4.74 Å². The zero-order valence-electron chi connectivity index (χ0n) is 9.97. The van der Waals surface area contributed by atoms with E-state index in [-0.39, 0.29) is 0 Å². The van der Waals surface area contributed by atoms with Crippen LogP contribution in [0.2, 0.25) is 0 Å². The van der Waals surface area contributed by atoms with Gasteiger partial charge in [-0.1, -0.05) is 28.1 Å². The molecule has 2 N–H and O–H groups in total. The van der Waals surface area contributed by atoms with E-state index in [1.54, 1.807) is 6.20 Å². The standard InChI is InChI=1S/C14H15BrN2O/c15-12-5-4-11(10-16)14(9-12)18-8-6-13-3-1-2-7-17-13/h1-5,7,9H,6,8,10,16H2. The van der Waals surface area contributed by atoms with Crippen LogP contribution in [-0.2, 0) is 13.0 Å². The van der Waals surface area contributed by atoms with Crippen LogP contribution in [0.4, 0.5) is 0 Å². The molecule has 0 aliphatic rings. The maximum atomic E-state index is 5.76. The Hall–Kier alpha value is -1.39. The zero-order chi connectivity index (χ0) is 12.8. The minimum Gasteiger partial charge on any atom is -0.493 e. The first-order chi connectivity index (χ1) is 8.79. The predicted octanol–water partition coefficient (Wildman–Crippen LogP) is 2.92. The number of nitrogens with two attached hydrogens (primary N) is 1. The van der Waals surface area contributed by atoms with Gasteiger partial charge in [-0.25, -0.2) is 0 Å². The summed E-state index contributed by atoms with van der Waals surface area (Å²) in [7, 11) is 0. The predicted molar refractivity (Wildman–Crippen MR) is 75.5 cm³/mol. The van der Waals surface area contributed by atoms with Gasteiger partial charge in [0.25, 0.3) is 0 Å². The third-order valence-electron chi connectivity index (χ3n) is 2.59.